The Labute approximate surface area is 219 Å². The van der Waals surface area contributed by atoms with Gasteiger partial charge in [-0.15, -0.1) is 0 Å². The van der Waals surface area contributed by atoms with Gasteiger partial charge >= 0.3 is 5.97 Å². The molecule has 0 heterocycles. The van der Waals surface area contributed by atoms with Gasteiger partial charge in [0.1, 0.15) is 5.75 Å². The first-order valence-electron chi connectivity index (χ1n) is 11.3. The van der Waals surface area contributed by atoms with E-state index in [0.29, 0.717) is 40.2 Å². The number of benzene rings is 3. The van der Waals surface area contributed by atoms with E-state index in [-0.39, 0.29) is 17.9 Å². The predicted octanol–water partition coefficient (Wildman–Crippen LogP) is 4.81. The smallest absolute Gasteiger partial charge is 0.343 e. The summed E-state index contributed by atoms with van der Waals surface area (Å²) in [4.78, 5) is 24.8. The van der Waals surface area contributed by atoms with E-state index >= 15 is 0 Å². The molecule has 1 amide bonds. The molecule has 0 bridgehead atoms. The van der Waals surface area contributed by atoms with Gasteiger partial charge < -0.3 is 23.7 Å². The quantitative estimate of drug-likeness (QED) is 0.165. The molecule has 0 aromatic heterocycles. The highest BCUT2D eigenvalue weighted by Crippen LogP contribution is 2.31. The number of rotatable bonds is 11. The van der Waals surface area contributed by atoms with Crippen LogP contribution in [0.2, 0.25) is 5.02 Å². The number of hydrogen-bond donors (Lipinski definition) is 1. The number of ether oxygens (including phenoxy) is 5. The highest BCUT2D eigenvalue weighted by Gasteiger charge is 2.16. The Morgan fingerprint density at radius 2 is 1.62 bits per heavy atom. The zero-order valence-corrected chi connectivity index (χ0v) is 21.6. The molecule has 0 saturated carbocycles. The summed E-state index contributed by atoms with van der Waals surface area (Å²) < 4.78 is 27.1. The van der Waals surface area contributed by atoms with Crippen molar-refractivity contribution in [2.45, 2.75) is 13.8 Å². The number of carbonyl (C=O) groups is 2. The second-order valence-electron chi connectivity index (χ2n) is 7.59. The van der Waals surface area contributed by atoms with Crippen molar-refractivity contribution in [1.29, 1.82) is 0 Å². The van der Waals surface area contributed by atoms with Gasteiger partial charge in [-0.1, -0.05) is 11.6 Å². The minimum absolute atomic E-state index is 0.213. The molecule has 3 aromatic carbocycles. The number of carbonyl (C=O) groups excluding carboxylic acids is 2. The zero-order chi connectivity index (χ0) is 26.8. The van der Waals surface area contributed by atoms with Gasteiger partial charge in [0.25, 0.3) is 5.91 Å². The van der Waals surface area contributed by atoms with Gasteiger partial charge in [-0.3, -0.25) is 4.79 Å². The molecule has 194 valence electrons. The molecule has 0 aliphatic heterocycles. The van der Waals surface area contributed by atoms with Crippen molar-refractivity contribution in [3.05, 3.63) is 76.3 Å². The van der Waals surface area contributed by atoms with Gasteiger partial charge in [0.15, 0.2) is 29.6 Å². The largest absolute Gasteiger partial charge is 0.493 e. The van der Waals surface area contributed by atoms with Crippen molar-refractivity contribution in [2.24, 2.45) is 5.10 Å². The number of aryl methyl sites for hydroxylation is 1. The average molecular weight is 527 g/mol. The van der Waals surface area contributed by atoms with Gasteiger partial charge in [-0.25, -0.2) is 10.2 Å². The normalized spacial score (nSPS) is 10.6. The third-order valence-electron chi connectivity index (χ3n) is 4.99. The lowest BCUT2D eigenvalue weighted by atomic mass is 10.2. The molecule has 0 aliphatic rings. The summed E-state index contributed by atoms with van der Waals surface area (Å²) in [5.74, 6) is 1.01. The highest BCUT2D eigenvalue weighted by atomic mass is 35.5. The number of nitrogens with one attached hydrogen (secondary N) is 1. The monoisotopic (exact) mass is 526 g/mol. The van der Waals surface area contributed by atoms with E-state index in [2.05, 4.69) is 10.5 Å². The summed E-state index contributed by atoms with van der Waals surface area (Å²) in [6.45, 7) is 3.78. The highest BCUT2D eigenvalue weighted by molar-refractivity contribution is 6.30. The number of methoxy groups -OCH3 is 2. The van der Waals surface area contributed by atoms with Gasteiger partial charge in [0, 0.05) is 5.02 Å². The molecule has 3 rings (SSSR count). The molecular formula is C27H27ClN2O7. The first kappa shape index (κ1) is 27.3. The Bertz CT molecular complexity index is 1290. The summed E-state index contributed by atoms with van der Waals surface area (Å²) in [6, 6.07) is 14.8. The van der Waals surface area contributed by atoms with Crippen molar-refractivity contribution in [3.63, 3.8) is 0 Å². The number of hydrogen-bond acceptors (Lipinski definition) is 8. The Morgan fingerprint density at radius 3 is 2.32 bits per heavy atom. The van der Waals surface area contributed by atoms with Crippen LogP contribution in [0.4, 0.5) is 0 Å². The van der Waals surface area contributed by atoms with Crippen LogP contribution in [-0.2, 0) is 4.79 Å². The first-order valence-corrected chi connectivity index (χ1v) is 11.6. The van der Waals surface area contributed by atoms with Crippen LogP contribution in [0.3, 0.4) is 0 Å². The molecule has 37 heavy (non-hydrogen) atoms. The maximum atomic E-state index is 12.7. The third-order valence-corrected chi connectivity index (χ3v) is 5.22. The van der Waals surface area contributed by atoms with Crippen LogP contribution in [0.25, 0.3) is 0 Å². The molecule has 0 radical (unpaired) electrons. The van der Waals surface area contributed by atoms with Crippen LogP contribution >= 0.6 is 11.6 Å². The average Bonchev–Trinajstić information content (AvgIpc) is 2.89. The molecule has 0 atom stereocenters. The van der Waals surface area contributed by atoms with Crippen LogP contribution in [0.1, 0.15) is 28.4 Å². The predicted molar refractivity (Wildman–Crippen MR) is 140 cm³/mol. The van der Waals surface area contributed by atoms with E-state index < -0.39 is 11.9 Å². The summed E-state index contributed by atoms with van der Waals surface area (Å²) in [7, 11) is 2.99. The van der Waals surface area contributed by atoms with Gasteiger partial charge in [0.05, 0.1) is 32.6 Å². The number of nitrogens with zero attached hydrogens (tertiary/aromatic N) is 1. The van der Waals surface area contributed by atoms with Crippen LogP contribution in [0.5, 0.6) is 28.7 Å². The van der Waals surface area contributed by atoms with Crippen LogP contribution in [-0.4, -0.2) is 45.5 Å². The van der Waals surface area contributed by atoms with Gasteiger partial charge in [-0.2, -0.15) is 5.10 Å². The lowest BCUT2D eigenvalue weighted by molar-refractivity contribution is -0.123. The summed E-state index contributed by atoms with van der Waals surface area (Å²) in [5.41, 5.74) is 4.12. The van der Waals surface area contributed by atoms with E-state index in [1.54, 1.807) is 48.5 Å². The third kappa shape index (κ3) is 7.62. The first-order chi connectivity index (χ1) is 17.8. The maximum Gasteiger partial charge on any atom is 0.343 e. The Kier molecular flexibility index (Phi) is 9.74. The second-order valence-corrected chi connectivity index (χ2v) is 8.03. The Morgan fingerprint density at radius 1 is 0.892 bits per heavy atom. The SMILES string of the molecule is CCOc1cc(/C=N/NC(=O)COc2ccc(Cl)cc2C)ccc1OC(=O)c1ccc(OC)c(OC)c1. The van der Waals surface area contributed by atoms with Crippen LogP contribution < -0.4 is 29.1 Å². The minimum atomic E-state index is -0.591. The minimum Gasteiger partial charge on any atom is -0.493 e. The molecule has 0 spiro atoms. The van der Waals surface area contributed by atoms with Gasteiger partial charge in [0.2, 0.25) is 0 Å². The van der Waals surface area contributed by atoms with Crippen molar-refractivity contribution in [1.82, 2.24) is 5.43 Å². The number of halogens is 1. The molecule has 1 N–H and O–H groups in total. The topological polar surface area (TPSA) is 105 Å². The summed E-state index contributed by atoms with van der Waals surface area (Å²) in [5, 5.41) is 4.54. The molecule has 0 aliphatic carbocycles. The van der Waals surface area contributed by atoms with E-state index in [4.69, 9.17) is 35.3 Å². The van der Waals surface area contributed by atoms with Crippen molar-refractivity contribution < 1.29 is 33.3 Å². The van der Waals surface area contributed by atoms with Gasteiger partial charge in [-0.05, 0) is 79.6 Å². The van der Waals surface area contributed by atoms with E-state index in [1.807, 2.05) is 13.8 Å². The van der Waals surface area contributed by atoms with Crippen molar-refractivity contribution in [2.75, 3.05) is 27.4 Å². The summed E-state index contributed by atoms with van der Waals surface area (Å²) in [6.07, 6.45) is 1.44. The van der Waals surface area contributed by atoms with Crippen LogP contribution in [0.15, 0.2) is 59.7 Å². The number of esters is 1. The summed E-state index contributed by atoms with van der Waals surface area (Å²) >= 11 is 5.92. The molecule has 0 fully saturated rings. The molecule has 0 unspecified atom stereocenters. The van der Waals surface area contributed by atoms with Crippen LogP contribution in [0, 0.1) is 6.92 Å². The second kappa shape index (κ2) is 13.2. The molecule has 0 saturated heterocycles. The van der Waals surface area contributed by atoms with Crippen molar-refractivity contribution >= 4 is 29.7 Å². The maximum absolute atomic E-state index is 12.7. The fourth-order valence-corrected chi connectivity index (χ4v) is 3.44. The van der Waals surface area contributed by atoms with Crippen molar-refractivity contribution in [3.8, 4) is 28.7 Å². The Hall–Kier alpha value is -4.24. The molecule has 9 nitrogen and oxygen atoms in total. The standard InChI is InChI=1S/C27H27ClN2O7/c1-5-35-25-13-18(15-29-30-26(31)16-36-21-11-8-20(28)12-17(21)2)6-9-23(25)37-27(32)19-7-10-22(33-3)24(14-19)34-4/h6-15H,5,16H2,1-4H3,(H,30,31)/b29-15+. The lowest BCUT2D eigenvalue weighted by Crippen LogP contribution is -2.24. The lowest BCUT2D eigenvalue weighted by Gasteiger charge is -2.12. The fourth-order valence-electron chi connectivity index (χ4n) is 3.21. The number of amides is 1. The molecular weight excluding hydrogens is 500 g/mol. The zero-order valence-electron chi connectivity index (χ0n) is 20.9. The fraction of sp³-hybridized carbons (Fsp3) is 0.222. The molecule has 3 aromatic rings. The van der Waals surface area contributed by atoms with E-state index in [1.165, 1.54) is 26.5 Å². The van der Waals surface area contributed by atoms with E-state index in [9.17, 15) is 9.59 Å². The molecule has 10 heteroatoms. The van der Waals surface area contributed by atoms with E-state index in [0.717, 1.165) is 5.56 Å². The number of hydrazone groups is 1. The Balaban J connectivity index is 1.63.